The lowest BCUT2D eigenvalue weighted by molar-refractivity contribution is -0.136. The van der Waals surface area contributed by atoms with Gasteiger partial charge in [0.25, 0.3) is 5.91 Å². The van der Waals surface area contributed by atoms with Crippen LogP contribution in [0.3, 0.4) is 0 Å². The largest absolute Gasteiger partial charge is 0.457 e. The number of carbonyl (C=O) groups excluding carboxylic acids is 4. The summed E-state index contributed by atoms with van der Waals surface area (Å²) in [5.41, 5.74) is 0.749. The van der Waals surface area contributed by atoms with Gasteiger partial charge in [-0.3, -0.25) is 19.3 Å². The van der Waals surface area contributed by atoms with E-state index >= 15 is 0 Å². The van der Waals surface area contributed by atoms with Gasteiger partial charge in [0, 0.05) is 24.1 Å². The molecule has 1 heterocycles. The number of esters is 1. The van der Waals surface area contributed by atoms with Gasteiger partial charge in [0.05, 0.1) is 10.8 Å². The Balaban J connectivity index is 1.31. The number of amides is 3. The van der Waals surface area contributed by atoms with Crippen molar-refractivity contribution in [3.05, 3.63) is 84.4 Å². The zero-order valence-corrected chi connectivity index (χ0v) is 19.6. The fraction of sp³-hybridized carbons (Fsp3) is 0.154. The molecule has 3 aromatic rings. The smallest absolute Gasteiger partial charge is 0.339 e. The molecule has 8 nitrogen and oxygen atoms in total. The van der Waals surface area contributed by atoms with Crippen LogP contribution in [0, 0.1) is 0 Å². The van der Waals surface area contributed by atoms with Gasteiger partial charge < -0.3 is 14.8 Å². The van der Waals surface area contributed by atoms with Crippen LogP contribution in [-0.4, -0.2) is 47.5 Å². The van der Waals surface area contributed by atoms with Crippen LogP contribution >= 0.6 is 11.8 Å². The first-order chi connectivity index (χ1) is 16.9. The van der Waals surface area contributed by atoms with Crippen molar-refractivity contribution < 1.29 is 28.7 Å². The molecular weight excluding hydrogens is 468 g/mol. The van der Waals surface area contributed by atoms with E-state index in [0.29, 0.717) is 22.1 Å². The first kappa shape index (κ1) is 24.0. The van der Waals surface area contributed by atoms with Gasteiger partial charge in [0.2, 0.25) is 11.8 Å². The molecule has 0 aromatic heterocycles. The van der Waals surface area contributed by atoms with Crippen molar-refractivity contribution in [2.45, 2.75) is 16.6 Å². The van der Waals surface area contributed by atoms with E-state index in [2.05, 4.69) is 5.32 Å². The van der Waals surface area contributed by atoms with Crippen molar-refractivity contribution >= 4 is 41.1 Å². The highest BCUT2D eigenvalue weighted by Gasteiger charge is 2.37. The zero-order valence-electron chi connectivity index (χ0n) is 18.8. The van der Waals surface area contributed by atoms with E-state index in [4.69, 9.17) is 9.47 Å². The van der Waals surface area contributed by atoms with Crippen LogP contribution in [0.15, 0.2) is 83.8 Å². The molecule has 0 saturated carbocycles. The molecule has 1 aliphatic rings. The van der Waals surface area contributed by atoms with E-state index in [0.717, 1.165) is 16.7 Å². The number of ether oxygens (including phenoxy) is 2. The number of hydrogen-bond acceptors (Lipinski definition) is 7. The molecule has 1 aliphatic heterocycles. The second-order valence-corrected chi connectivity index (χ2v) is 8.91. The van der Waals surface area contributed by atoms with Crippen LogP contribution in [0.1, 0.15) is 16.8 Å². The minimum absolute atomic E-state index is 0.0704. The van der Waals surface area contributed by atoms with Gasteiger partial charge in [-0.2, -0.15) is 0 Å². The fourth-order valence-corrected chi connectivity index (χ4v) is 4.57. The van der Waals surface area contributed by atoms with E-state index in [-0.39, 0.29) is 23.8 Å². The molecule has 1 fully saturated rings. The summed E-state index contributed by atoms with van der Waals surface area (Å²) in [5, 5.41) is 2.07. The van der Waals surface area contributed by atoms with Crippen LogP contribution in [0.5, 0.6) is 11.5 Å². The van der Waals surface area contributed by atoms with E-state index in [9.17, 15) is 19.2 Å². The van der Waals surface area contributed by atoms with E-state index < -0.39 is 23.7 Å². The molecular formula is C26H22N2O6S. The van der Waals surface area contributed by atoms with Gasteiger partial charge in [-0.25, -0.2) is 4.79 Å². The standard InChI is InChI=1S/C26H22N2O6S/c1-28-24(30)15-22(25(28)31)35-21-10-6-5-9-20(21)26(32)33-16-23(29)27-17-11-13-19(14-12-17)34-18-7-3-2-4-8-18/h2-14,22H,15-16H2,1H3,(H,27,29). The van der Waals surface area contributed by atoms with E-state index in [1.165, 1.54) is 7.05 Å². The van der Waals surface area contributed by atoms with Gasteiger partial charge in [-0.1, -0.05) is 30.3 Å². The van der Waals surface area contributed by atoms with E-state index in [1.54, 1.807) is 48.5 Å². The summed E-state index contributed by atoms with van der Waals surface area (Å²) < 4.78 is 10.9. The predicted molar refractivity (Wildman–Crippen MR) is 130 cm³/mol. The van der Waals surface area contributed by atoms with Crippen LogP contribution in [0.2, 0.25) is 0 Å². The molecule has 1 atom stereocenters. The number of rotatable bonds is 8. The Hall–Kier alpha value is -4.11. The molecule has 0 bridgehead atoms. The fourth-order valence-electron chi connectivity index (χ4n) is 3.34. The number of nitrogens with zero attached hydrogens (tertiary/aromatic N) is 1. The van der Waals surface area contributed by atoms with Crippen LogP contribution < -0.4 is 10.1 Å². The number of carbonyl (C=O) groups is 4. The third-order valence-electron chi connectivity index (χ3n) is 5.17. The molecule has 3 amide bonds. The Bertz CT molecular complexity index is 1250. The molecule has 9 heteroatoms. The Morgan fingerprint density at radius 1 is 0.943 bits per heavy atom. The minimum Gasteiger partial charge on any atom is -0.457 e. The molecule has 0 spiro atoms. The highest BCUT2D eigenvalue weighted by molar-refractivity contribution is 8.00. The lowest BCUT2D eigenvalue weighted by atomic mass is 10.2. The quantitative estimate of drug-likeness (QED) is 0.374. The number of benzene rings is 3. The van der Waals surface area contributed by atoms with Gasteiger partial charge in [0.1, 0.15) is 11.5 Å². The summed E-state index contributed by atoms with van der Waals surface area (Å²) in [6, 6.07) is 22.7. The SMILES string of the molecule is CN1C(=O)CC(Sc2ccccc2C(=O)OCC(=O)Nc2ccc(Oc3ccccc3)cc2)C1=O. The molecule has 1 N–H and O–H groups in total. The number of imide groups is 1. The van der Waals surface area contributed by atoms with Crippen molar-refractivity contribution in [3.8, 4) is 11.5 Å². The summed E-state index contributed by atoms with van der Waals surface area (Å²) in [7, 11) is 1.44. The highest BCUT2D eigenvalue weighted by Crippen LogP contribution is 2.33. The number of nitrogens with one attached hydrogen (secondary N) is 1. The summed E-state index contributed by atoms with van der Waals surface area (Å²) in [6.45, 7) is -0.482. The molecule has 0 radical (unpaired) electrons. The average molecular weight is 491 g/mol. The normalized spacial score (nSPS) is 15.1. The second kappa shape index (κ2) is 10.9. The van der Waals surface area contributed by atoms with Crippen LogP contribution in [0.25, 0.3) is 0 Å². The number of likely N-dealkylation sites (tertiary alicyclic amines) is 1. The van der Waals surface area contributed by atoms with E-state index in [1.807, 2.05) is 30.3 Å². The average Bonchev–Trinajstić information content (AvgIpc) is 3.11. The third kappa shape index (κ3) is 6.07. The monoisotopic (exact) mass is 490 g/mol. The Labute approximate surface area is 206 Å². The van der Waals surface area contributed by atoms with Crippen molar-refractivity contribution in [1.29, 1.82) is 0 Å². The van der Waals surface area contributed by atoms with Crippen molar-refractivity contribution in [3.63, 3.8) is 0 Å². The summed E-state index contributed by atoms with van der Waals surface area (Å²) in [6.07, 6.45) is 0.0704. The Kier molecular flexibility index (Phi) is 7.47. The molecule has 178 valence electrons. The Morgan fingerprint density at radius 2 is 1.60 bits per heavy atom. The summed E-state index contributed by atoms with van der Waals surface area (Å²) in [4.78, 5) is 50.5. The lowest BCUT2D eigenvalue weighted by Gasteiger charge is -2.12. The molecule has 35 heavy (non-hydrogen) atoms. The minimum atomic E-state index is -0.694. The summed E-state index contributed by atoms with van der Waals surface area (Å²) in [5.74, 6) is -0.445. The highest BCUT2D eigenvalue weighted by atomic mass is 32.2. The van der Waals surface area contributed by atoms with Crippen LogP contribution in [-0.2, 0) is 19.1 Å². The number of thioether (sulfide) groups is 1. The maximum absolute atomic E-state index is 12.6. The maximum Gasteiger partial charge on any atom is 0.339 e. The number of para-hydroxylation sites is 1. The summed E-state index contributed by atoms with van der Waals surface area (Å²) >= 11 is 1.14. The first-order valence-corrected chi connectivity index (χ1v) is 11.6. The molecule has 3 aromatic carbocycles. The number of hydrogen-bond donors (Lipinski definition) is 1. The molecule has 1 unspecified atom stereocenters. The van der Waals surface area contributed by atoms with Crippen molar-refractivity contribution in [2.75, 3.05) is 19.0 Å². The van der Waals surface area contributed by atoms with Gasteiger partial charge in [-0.15, -0.1) is 11.8 Å². The van der Waals surface area contributed by atoms with Crippen molar-refractivity contribution in [1.82, 2.24) is 4.90 Å². The topological polar surface area (TPSA) is 102 Å². The van der Waals surface area contributed by atoms with Crippen molar-refractivity contribution in [2.24, 2.45) is 0 Å². The van der Waals surface area contributed by atoms with Crippen LogP contribution in [0.4, 0.5) is 5.69 Å². The second-order valence-electron chi connectivity index (χ2n) is 7.66. The molecule has 0 aliphatic carbocycles. The number of anilines is 1. The van der Waals surface area contributed by atoms with Gasteiger partial charge >= 0.3 is 5.97 Å². The van der Waals surface area contributed by atoms with Gasteiger partial charge in [0.15, 0.2) is 6.61 Å². The maximum atomic E-state index is 12.6. The molecule has 1 saturated heterocycles. The first-order valence-electron chi connectivity index (χ1n) is 10.8. The predicted octanol–water partition coefficient (Wildman–Crippen LogP) is 4.12. The van der Waals surface area contributed by atoms with Gasteiger partial charge in [-0.05, 0) is 48.5 Å². The Morgan fingerprint density at radius 3 is 2.29 bits per heavy atom. The molecule has 4 rings (SSSR count). The third-order valence-corrected chi connectivity index (χ3v) is 6.43. The zero-order chi connectivity index (χ0) is 24.8. The lowest BCUT2D eigenvalue weighted by Crippen LogP contribution is -2.26.